The summed E-state index contributed by atoms with van der Waals surface area (Å²) in [7, 11) is -4.87. The van der Waals surface area contributed by atoms with Crippen molar-refractivity contribution in [1.82, 2.24) is 0 Å². The molecule has 0 rings (SSSR count). The van der Waals surface area contributed by atoms with Crippen LogP contribution >= 0.6 is 0 Å². The Bertz CT molecular complexity index is 130. The number of rotatable bonds is 6. The van der Waals surface area contributed by atoms with E-state index in [1.807, 2.05) is 0 Å². The maximum Gasteiger partial charge on any atom is 0.761 e. The van der Waals surface area contributed by atoms with Gasteiger partial charge in [0.1, 0.15) is 0 Å². The van der Waals surface area contributed by atoms with Crippen LogP contribution in [0.4, 0.5) is 8.22 Å². The van der Waals surface area contributed by atoms with Crippen LogP contribution in [0.15, 0.2) is 0 Å². The van der Waals surface area contributed by atoms with E-state index < -0.39 is 21.4 Å². The van der Waals surface area contributed by atoms with Crippen LogP contribution in [-0.2, 0) is 8.85 Å². The van der Waals surface area contributed by atoms with Gasteiger partial charge in [-0.05, 0) is 26.7 Å². The zero-order chi connectivity index (χ0) is 10.5. The van der Waals surface area contributed by atoms with Gasteiger partial charge in [0.2, 0.25) is 0 Å². The summed E-state index contributed by atoms with van der Waals surface area (Å²) < 4.78 is 35.1. The lowest BCUT2D eigenvalue weighted by atomic mass is 10.3. The lowest BCUT2D eigenvalue weighted by Gasteiger charge is -2.20. The molecule has 0 saturated heterocycles. The molecule has 0 bridgehead atoms. The SMILES string of the molecule is CCC(C)O[Si](F)(F)OC(C)CC. The number of hydrogen-bond donors (Lipinski definition) is 0. The Morgan fingerprint density at radius 2 is 1.31 bits per heavy atom. The van der Waals surface area contributed by atoms with Crippen LogP contribution in [0, 0.1) is 0 Å². The third kappa shape index (κ3) is 6.12. The van der Waals surface area contributed by atoms with Crippen molar-refractivity contribution in [3.8, 4) is 0 Å². The van der Waals surface area contributed by atoms with Gasteiger partial charge in [-0.2, -0.15) is 0 Å². The monoisotopic (exact) mass is 212 g/mol. The molecule has 0 fully saturated rings. The van der Waals surface area contributed by atoms with Gasteiger partial charge < -0.3 is 8.85 Å². The Morgan fingerprint density at radius 3 is 1.54 bits per heavy atom. The summed E-state index contributed by atoms with van der Waals surface area (Å²) in [6.07, 6.45) is 0.301. The highest BCUT2D eigenvalue weighted by Gasteiger charge is 2.45. The molecule has 0 N–H and O–H groups in total. The van der Waals surface area contributed by atoms with E-state index in [1.54, 1.807) is 27.7 Å². The van der Waals surface area contributed by atoms with Crippen LogP contribution < -0.4 is 0 Å². The fourth-order valence-corrected chi connectivity index (χ4v) is 1.99. The molecule has 13 heavy (non-hydrogen) atoms. The van der Waals surface area contributed by atoms with Gasteiger partial charge in [-0.1, -0.05) is 13.8 Å². The first-order chi connectivity index (χ1) is 5.91. The van der Waals surface area contributed by atoms with E-state index in [4.69, 9.17) is 0 Å². The molecule has 0 heterocycles. The maximum absolute atomic E-state index is 13.0. The highest BCUT2D eigenvalue weighted by atomic mass is 28.5. The Hall–Kier alpha value is -0.00312. The first-order valence-corrected chi connectivity index (χ1v) is 6.22. The molecular weight excluding hydrogens is 194 g/mol. The summed E-state index contributed by atoms with van der Waals surface area (Å²) in [5.41, 5.74) is 0. The molecule has 0 aromatic rings. The van der Waals surface area contributed by atoms with Crippen molar-refractivity contribution < 1.29 is 17.1 Å². The fraction of sp³-hybridized carbons (Fsp3) is 1.00. The molecule has 0 aromatic heterocycles. The zero-order valence-electron chi connectivity index (χ0n) is 8.64. The summed E-state index contributed by atoms with van der Waals surface area (Å²) in [5, 5.41) is 0. The van der Waals surface area contributed by atoms with Crippen molar-refractivity contribution >= 4 is 9.23 Å². The minimum absolute atomic E-state index is 0.425. The van der Waals surface area contributed by atoms with Crippen molar-refractivity contribution in [2.75, 3.05) is 0 Å². The Labute approximate surface area is 79.8 Å². The molecule has 0 saturated carbocycles. The summed E-state index contributed by atoms with van der Waals surface area (Å²) in [4.78, 5) is 0. The summed E-state index contributed by atoms with van der Waals surface area (Å²) >= 11 is 0. The van der Waals surface area contributed by atoms with Gasteiger partial charge >= 0.3 is 9.23 Å². The topological polar surface area (TPSA) is 18.5 Å². The van der Waals surface area contributed by atoms with E-state index >= 15 is 0 Å². The van der Waals surface area contributed by atoms with Crippen molar-refractivity contribution in [2.24, 2.45) is 0 Å². The molecular formula is C8H18F2O2Si. The van der Waals surface area contributed by atoms with E-state index in [0.717, 1.165) is 0 Å². The predicted molar refractivity (Wildman–Crippen MR) is 49.6 cm³/mol. The van der Waals surface area contributed by atoms with Gasteiger partial charge in [0.25, 0.3) is 0 Å². The molecule has 0 aliphatic rings. The smallest absolute Gasteiger partial charge is 0.342 e. The van der Waals surface area contributed by atoms with Gasteiger partial charge in [0.05, 0.1) is 0 Å². The van der Waals surface area contributed by atoms with Crippen LogP contribution in [0.2, 0.25) is 0 Å². The number of halogens is 2. The molecule has 2 atom stereocenters. The van der Waals surface area contributed by atoms with Gasteiger partial charge in [-0.25, -0.2) is 8.22 Å². The lowest BCUT2D eigenvalue weighted by molar-refractivity contribution is 0.0245. The third-order valence-corrected chi connectivity index (χ3v) is 3.18. The highest BCUT2D eigenvalue weighted by molar-refractivity contribution is 6.52. The normalized spacial score (nSPS) is 17.1. The second-order valence-electron chi connectivity index (χ2n) is 3.14. The summed E-state index contributed by atoms with van der Waals surface area (Å²) in [5.74, 6) is 0. The van der Waals surface area contributed by atoms with Gasteiger partial charge in [0, 0.05) is 12.2 Å². The second kappa shape index (κ2) is 5.67. The molecule has 0 aliphatic heterocycles. The first kappa shape index (κ1) is 13.0. The molecule has 0 amide bonds. The van der Waals surface area contributed by atoms with Crippen LogP contribution in [0.1, 0.15) is 40.5 Å². The minimum atomic E-state index is -4.87. The Balaban J connectivity index is 3.92. The van der Waals surface area contributed by atoms with Crippen molar-refractivity contribution in [2.45, 2.75) is 52.7 Å². The Kier molecular flexibility index (Phi) is 5.67. The largest absolute Gasteiger partial charge is 0.761 e. The quantitative estimate of drug-likeness (QED) is 0.498. The fourth-order valence-electron chi connectivity index (χ4n) is 0.663. The third-order valence-electron chi connectivity index (χ3n) is 1.83. The molecule has 0 aromatic carbocycles. The van der Waals surface area contributed by atoms with Crippen LogP contribution in [0.25, 0.3) is 0 Å². The molecule has 0 radical (unpaired) electrons. The molecule has 2 unspecified atom stereocenters. The maximum atomic E-state index is 13.0. The van der Waals surface area contributed by atoms with Crippen molar-refractivity contribution in [3.63, 3.8) is 0 Å². The minimum Gasteiger partial charge on any atom is -0.342 e. The lowest BCUT2D eigenvalue weighted by Crippen LogP contribution is -2.38. The van der Waals surface area contributed by atoms with Gasteiger partial charge in [-0.3, -0.25) is 0 Å². The second-order valence-corrected chi connectivity index (χ2v) is 4.53. The van der Waals surface area contributed by atoms with E-state index in [9.17, 15) is 8.22 Å². The Morgan fingerprint density at radius 1 is 1.00 bits per heavy atom. The van der Waals surface area contributed by atoms with E-state index in [0.29, 0.717) is 12.8 Å². The standard InChI is InChI=1S/C8H18F2O2Si/c1-5-7(3)11-13(9,10)12-8(4)6-2/h7-8H,5-6H2,1-4H3. The average Bonchev–Trinajstić information content (AvgIpc) is 2.02. The van der Waals surface area contributed by atoms with E-state index in [-0.39, 0.29) is 0 Å². The van der Waals surface area contributed by atoms with Crippen molar-refractivity contribution in [3.05, 3.63) is 0 Å². The first-order valence-electron chi connectivity index (χ1n) is 4.64. The van der Waals surface area contributed by atoms with Gasteiger partial charge in [-0.15, -0.1) is 0 Å². The van der Waals surface area contributed by atoms with Crippen LogP contribution in [-0.4, -0.2) is 21.4 Å². The predicted octanol–water partition coefficient (Wildman–Crippen LogP) is 2.99. The molecule has 0 aliphatic carbocycles. The van der Waals surface area contributed by atoms with E-state index in [2.05, 4.69) is 8.85 Å². The summed E-state index contributed by atoms with van der Waals surface area (Å²) in [6.45, 7) is 6.86. The highest BCUT2D eigenvalue weighted by Crippen LogP contribution is 2.18. The molecule has 5 heteroatoms. The van der Waals surface area contributed by atoms with Crippen LogP contribution in [0.3, 0.4) is 0 Å². The van der Waals surface area contributed by atoms with Gasteiger partial charge in [0.15, 0.2) is 0 Å². The number of hydrogen-bond acceptors (Lipinski definition) is 2. The van der Waals surface area contributed by atoms with E-state index in [1.165, 1.54) is 0 Å². The zero-order valence-corrected chi connectivity index (χ0v) is 9.64. The average molecular weight is 212 g/mol. The van der Waals surface area contributed by atoms with Crippen LogP contribution in [0.5, 0.6) is 0 Å². The summed E-state index contributed by atoms with van der Waals surface area (Å²) in [6, 6.07) is 0. The van der Waals surface area contributed by atoms with Crippen molar-refractivity contribution in [1.29, 1.82) is 0 Å². The molecule has 2 nitrogen and oxygen atoms in total. The molecule has 0 spiro atoms. The molecule has 80 valence electrons.